The van der Waals surface area contributed by atoms with Crippen molar-refractivity contribution < 1.29 is 9.18 Å². The highest BCUT2D eigenvalue weighted by Gasteiger charge is 2.24. The molecular formula is C26H28Cl2FN5O. The molecule has 0 saturated carbocycles. The Balaban J connectivity index is 1.53. The summed E-state index contributed by atoms with van der Waals surface area (Å²) in [6, 6.07) is 11.4. The van der Waals surface area contributed by atoms with E-state index in [4.69, 9.17) is 28.2 Å². The number of hydrogen-bond donors (Lipinski definition) is 1. The fourth-order valence-corrected chi connectivity index (χ4v) is 4.80. The second-order valence-electron chi connectivity index (χ2n) is 8.56. The number of aryl methyl sites for hydroxylation is 2. The van der Waals surface area contributed by atoms with E-state index in [0.29, 0.717) is 47.6 Å². The molecule has 0 aliphatic carbocycles. The number of carbonyl (C=O) groups excluding carboxylic acids is 1. The van der Waals surface area contributed by atoms with Gasteiger partial charge in [-0.2, -0.15) is 0 Å². The van der Waals surface area contributed by atoms with E-state index in [9.17, 15) is 9.18 Å². The van der Waals surface area contributed by atoms with Gasteiger partial charge in [0.1, 0.15) is 17.5 Å². The molecule has 1 aromatic heterocycles. The number of nitrogens with zero attached hydrogens (tertiary/aromatic N) is 4. The van der Waals surface area contributed by atoms with E-state index in [1.54, 1.807) is 35.2 Å². The van der Waals surface area contributed by atoms with Crippen LogP contribution in [0.5, 0.6) is 0 Å². The third kappa shape index (κ3) is 6.21. The summed E-state index contributed by atoms with van der Waals surface area (Å²) in [5.74, 6) is 1.31. The van der Waals surface area contributed by atoms with Gasteiger partial charge in [-0.15, -0.1) is 0 Å². The van der Waals surface area contributed by atoms with Gasteiger partial charge in [0.25, 0.3) is 0 Å². The largest absolute Gasteiger partial charge is 0.354 e. The standard InChI is InChI=1S/C26H28Cl2FN5O/c1-3-23-21(15-18-6-4-7-20(29)14-18)25(31-17(2)30-23)33-10-5-11-34(13-12-33)26(35)32-24-9-8-19(27)16-22(24)28/h4,6-9,14,16H,3,5,10-13,15H2,1-2H3,(H,32,35). The number of halogens is 3. The summed E-state index contributed by atoms with van der Waals surface area (Å²) >= 11 is 12.2. The first-order valence-corrected chi connectivity index (χ1v) is 12.5. The second-order valence-corrected chi connectivity index (χ2v) is 9.41. The summed E-state index contributed by atoms with van der Waals surface area (Å²) in [6.07, 6.45) is 2.09. The van der Waals surface area contributed by atoms with Crippen LogP contribution in [0.2, 0.25) is 10.0 Å². The topological polar surface area (TPSA) is 61.4 Å². The minimum atomic E-state index is -0.257. The van der Waals surface area contributed by atoms with E-state index >= 15 is 0 Å². The molecule has 0 atom stereocenters. The predicted molar refractivity (Wildman–Crippen MR) is 139 cm³/mol. The number of urea groups is 1. The molecular weight excluding hydrogens is 488 g/mol. The number of rotatable bonds is 5. The smallest absolute Gasteiger partial charge is 0.321 e. The van der Waals surface area contributed by atoms with E-state index in [0.717, 1.165) is 42.0 Å². The molecule has 0 unspecified atom stereocenters. The number of hydrogen-bond acceptors (Lipinski definition) is 4. The molecule has 2 heterocycles. The summed E-state index contributed by atoms with van der Waals surface area (Å²) in [5.41, 5.74) is 3.38. The van der Waals surface area contributed by atoms with E-state index in [2.05, 4.69) is 22.1 Å². The monoisotopic (exact) mass is 515 g/mol. The van der Waals surface area contributed by atoms with Crippen LogP contribution >= 0.6 is 23.2 Å². The Morgan fingerprint density at radius 3 is 2.66 bits per heavy atom. The summed E-state index contributed by atoms with van der Waals surface area (Å²) in [6.45, 7) is 6.47. The highest BCUT2D eigenvalue weighted by molar-refractivity contribution is 6.36. The summed E-state index contributed by atoms with van der Waals surface area (Å²) in [7, 11) is 0. The van der Waals surface area contributed by atoms with E-state index in [-0.39, 0.29) is 11.8 Å². The van der Waals surface area contributed by atoms with Crippen molar-refractivity contribution in [3.05, 3.63) is 81.0 Å². The fourth-order valence-electron chi connectivity index (χ4n) is 4.34. The van der Waals surface area contributed by atoms with Crippen LogP contribution in [-0.2, 0) is 12.8 Å². The SMILES string of the molecule is CCc1nc(C)nc(N2CCCN(C(=O)Nc3ccc(Cl)cc3Cl)CC2)c1Cc1cccc(F)c1. The van der Waals surface area contributed by atoms with Gasteiger partial charge in [-0.25, -0.2) is 19.2 Å². The van der Waals surface area contributed by atoms with E-state index in [1.807, 2.05) is 13.0 Å². The van der Waals surface area contributed by atoms with Crippen LogP contribution in [0, 0.1) is 12.7 Å². The van der Waals surface area contributed by atoms with Crippen LogP contribution in [-0.4, -0.2) is 47.1 Å². The molecule has 35 heavy (non-hydrogen) atoms. The highest BCUT2D eigenvalue weighted by Crippen LogP contribution is 2.28. The van der Waals surface area contributed by atoms with Crippen molar-refractivity contribution in [2.24, 2.45) is 0 Å². The van der Waals surface area contributed by atoms with Gasteiger partial charge in [-0.1, -0.05) is 42.3 Å². The first-order chi connectivity index (χ1) is 16.8. The molecule has 0 spiro atoms. The molecule has 1 saturated heterocycles. The van der Waals surface area contributed by atoms with Crippen molar-refractivity contribution in [1.29, 1.82) is 0 Å². The summed E-state index contributed by atoms with van der Waals surface area (Å²) < 4.78 is 13.8. The van der Waals surface area contributed by atoms with Crippen LogP contribution in [0.3, 0.4) is 0 Å². The third-order valence-electron chi connectivity index (χ3n) is 6.04. The van der Waals surface area contributed by atoms with Gasteiger partial charge in [0.2, 0.25) is 0 Å². The Bertz CT molecular complexity index is 1220. The normalized spacial score (nSPS) is 14.1. The maximum Gasteiger partial charge on any atom is 0.321 e. The second kappa shape index (κ2) is 11.2. The minimum Gasteiger partial charge on any atom is -0.354 e. The van der Waals surface area contributed by atoms with Gasteiger partial charge in [0.15, 0.2) is 0 Å². The number of amides is 2. The molecule has 3 aromatic rings. The van der Waals surface area contributed by atoms with Crippen LogP contribution in [0.4, 0.5) is 20.7 Å². The van der Waals surface area contributed by atoms with E-state index in [1.165, 1.54) is 6.07 Å². The molecule has 6 nitrogen and oxygen atoms in total. The van der Waals surface area contributed by atoms with Crippen molar-refractivity contribution in [1.82, 2.24) is 14.9 Å². The zero-order valence-corrected chi connectivity index (χ0v) is 21.3. The predicted octanol–water partition coefficient (Wildman–Crippen LogP) is 6.13. The zero-order chi connectivity index (χ0) is 24.9. The van der Waals surface area contributed by atoms with Crippen LogP contribution in [0.25, 0.3) is 0 Å². The summed E-state index contributed by atoms with van der Waals surface area (Å²) in [5, 5.41) is 3.79. The molecule has 1 aliphatic heterocycles. The molecule has 4 rings (SSSR count). The molecule has 184 valence electrons. The molecule has 1 N–H and O–H groups in total. The van der Waals surface area contributed by atoms with Crippen LogP contribution in [0.15, 0.2) is 42.5 Å². The van der Waals surface area contributed by atoms with Gasteiger partial charge in [-0.05, 0) is 55.7 Å². The molecule has 9 heteroatoms. The zero-order valence-electron chi connectivity index (χ0n) is 19.8. The number of nitrogens with one attached hydrogen (secondary N) is 1. The molecule has 0 radical (unpaired) electrons. The Labute approximate surface area is 215 Å². The van der Waals surface area contributed by atoms with Gasteiger partial charge in [0, 0.05) is 48.9 Å². The number of aromatic nitrogens is 2. The lowest BCUT2D eigenvalue weighted by molar-refractivity contribution is 0.215. The summed E-state index contributed by atoms with van der Waals surface area (Å²) in [4.78, 5) is 26.4. The quantitative estimate of drug-likeness (QED) is 0.444. The Morgan fingerprint density at radius 1 is 1.09 bits per heavy atom. The van der Waals surface area contributed by atoms with Crippen LogP contribution < -0.4 is 10.2 Å². The third-order valence-corrected chi connectivity index (χ3v) is 6.59. The number of benzene rings is 2. The molecule has 2 aromatic carbocycles. The minimum absolute atomic E-state index is 0.204. The van der Waals surface area contributed by atoms with Gasteiger partial charge < -0.3 is 15.1 Å². The first-order valence-electron chi connectivity index (χ1n) is 11.7. The maximum absolute atomic E-state index is 13.8. The fraction of sp³-hybridized carbons (Fsp3) is 0.346. The molecule has 2 amide bonds. The maximum atomic E-state index is 13.8. The van der Waals surface area contributed by atoms with Gasteiger partial charge >= 0.3 is 6.03 Å². The van der Waals surface area contributed by atoms with Gasteiger partial charge in [-0.3, -0.25) is 0 Å². The Kier molecular flexibility index (Phi) is 8.08. The molecule has 1 fully saturated rings. The number of anilines is 2. The molecule has 1 aliphatic rings. The first kappa shape index (κ1) is 25.2. The Hall–Kier alpha value is -2.90. The number of carbonyl (C=O) groups is 1. The Morgan fingerprint density at radius 2 is 1.91 bits per heavy atom. The van der Waals surface area contributed by atoms with Gasteiger partial charge in [0.05, 0.1) is 10.7 Å². The van der Waals surface area contributed by atoms with Crippen molar-refractivity contribution in [3.63, 3.8) is 0 Å². The average molecular weight is 516 g/mol. The highest BCUT2D eigenvalue weighted by atomic mass is 35.5. The van der Waals surface area contributed by atoms with Crippen LogP contribution in [0.1, 0.15) is 36.0 Å². The van der Waals surface area contributed by atoms with Crippen molar-refractivity contribution in [2.45, 2.75) is 33.1 Å². The van der Waals surface area contributed by atoms with Crippen molar-refractivity contribution >= 4 is 40.7 Å². The van der Waals surface area contributed by atoms with Crippen molar-refractivity contribution in [2.75, 3.05) is 36.4 Å². The lowest BCUT2D eigenvalue weighted by Crippen LogP contribution is -2.38. The lowest BCUT2D eigenvalue weighted by Gasteiger charge is -2.26. The van der Waals surface area contributed by atoms with E-state index < -0.39 is 0 Å². The average Bonchev–Trinajstić information content (AvgIpc) is 3.08. The van der Waals surface area contributed by atoms with Crippen molar-refractivity contribution in [3.8, 4) is 0 Å². The lowest BCUT2D eigenvalue weighted by atomic mass is 10.0. The molecule has 0 bridgehead atoms.